The molecule has 0 radical (unpaired) electrons. The molecule has 6 nitrogen and oxygen atoms in total. The van der Waals surface area contributed by atoms with Crippen LogP contribution in [0, 0.1) is 0 Å². The van der Waals surface area contributed by atoms with E-state index in [2.05, 4.69) is 39.8 Å². The van der Waals surface area contributed by atoms with Gasteiger partial charge in [0.05, 0.1) is 11.5 Å². The molecular weight excluding hydrogens is 398 g/mol. The van der Waals surface area contributed by atoms with Crippen LogP contribution in [0.2, 0.25) is 0 Å². The van der Waals surface area contributed by atoms with Gasteiger partial charge in [0.2, 0.25) is 10.0 Å². The first-order chi connectivity index (χ1) is 14.5. The van der Waals surface area contributed by atoms with Gasteiger partial charge >= 0.3 is 0 Å². The Labute approximate surface area is 179 Å². The van der Waals surface area contributed by atoms with Crippen LogP contribution in [0.1, 0.15) is 36.9 Å². The Kier molecular flexibility index (Phi) is 6.32. The van der Waals surface area contributed by atoms with E-state index in [1.165, 1.54) is 16.8 Å². The van der Waals surface area contributed by atoms with Crippen molar-refractivity contribution in [3.63, 3.8) is 0 Å². The first-order valence-electron chi connectivity index (χ1n) is 10.8. The van der Waals surface area contributed by atoms with Gasteiger partial charge in [-0.15, -0.1) is 0 Å². The van der Waals surface area contributed by atoms with E-state index in [0.717, 1.165) is 38.9 Å². The maximum atomic E-state index is 12.9. The van der Waals surface area contributed by atoms with Crippen LogP contribution >= 0.6 is 0 Å². The Bertz CT molecular complexity index is 970. The van der Waals surface area contributed by atoms with Gasteiger partial charge in [0.25, 0.3) is 0 Å². The van der Waals surface area contributed by atoms with Gasteiger partial charge in [-0.3, -0.25) is 4.90 Å². The van der Waals surface area contributed by atoms with E-state index in [1.54, 1.807) is 24.3 Å². The van der Waals surface area contributed by atoms with Crippen molar-refractivity contribution in [1.29, 1.82) is 0 Å². The summed E-state index contributed by atoms with van der Waals surface area (Å²) in [5.74, 6) is 0.675. The van der Waals surface area contributed by atoms with E-state index < -0.39 is 10.0 Å². The highest BCUT2D eigenvalue weighted by molar-refractivity contribution is 7.89. The number of rotatable bonds is 8. The third-order valence-corrected chi connectivity index (χ3v) is 7.55. The Hall–Kier alpha value is -2.09. The van der Waals surface area contributed by atoms with Crippen molar-refractivity contribution in [1.82, 2.24) is 9.62 Å². The number of nitrogens with zero attached hydrogens (tertiary/aromatic N) is 2. The molecule has 0 aromatic heterocycles. The second-order valence-electron chi connectivity index (χ2n) is 8.07. The largest absolute Gasteiger partial charge is 0.494 e. The normalized spacial score (nSPS) is 17.9. The fraction of sp³-hybridized carbons (Fsp3) is 0.478. The van der Waals surface area contributed by atoms with Gasteiger partial charge < -0.3 is 9.64 Å². The van der Waals surface area contributed by atoms with Gasteiger partial charge in [0.1, 0.15) is 5.75 Å². The third kappa shape index (κ3) is 4.48. The number of ether oxygens (including phenoxy) is 1. The Morgan fingerprint density at radius 3 is 2.50 bits per heavy atom. The molecule has 2 aromatic carbocycles. The monoisotopic (exact) mass is 429 g/mol. The molecule has 4 rings (SSSR count). The summed E-state index contributed by atoms with van der Waals surface area (Å²) in [6, 6.07) is 13.3. The number of fused-ring (bicyclic) bond motifs is 1. The predicted molar refractivity (Wildman–Crippen MR) is 120 cm³/mol. The summed E-state index contributed by atoms with van der Waals surface area (Å²) in [7, 11) is -1.47. The molecule has 0 saturated carbocycles. The highest BCUT2D eigenvalue weighted by Gasteiger charge is 2.27. The lowest BCUT2D eigenvalue weighted by Crippen LogP contribution is -2.36. The molecule has 1 saturated heterocycles. The minimum atomic E-state index is -3.59. The number of sulfonamides is 1. The third-order valence-electron chi connectivity index (χ3n) is 6.11. The average molecular weight is 430 g/mol. The quantitative estimate of drug-likeness (QED) is 0.698. The summed E-state index contributed by atoms with van der Waals surface area (Å²) < 4.78 is 34.1. The van der Waals surface area contributed by atoms with Crippen molar-refractivity contribution in [2.75, 3.05) is 44.7 Å². The van der Waals surface area contributed by atoms with E-state index in [-0.39, 0.29) is 10.9 Å². The molecule has 7 heteroatoms. The zero-order valence-electron chi connectivity index (χ0n) is 17.8. The summed E-state index contributed by atoms with van der Waals surface area (Å²) in [6.07, 6.45) is 3.37. The Morgan fingerprint density at radius 1 is 1.07 bits per heavy atom. The molecule has 2 aliphatic rings. The van der Waals surface area contributed by atoms with Gasteiger partial charge in [-0.1, -0.05) is 12.1 Å². The summed E-state index contributed by atoms with van der Waals surface area (Å²) in [5.41, 5.74) is 3.84. The highest BCUT2D eigenvalue weighted by Crippen LogP contribution is 2.32. The van der Waals surface area contributed by atoms with Gasteiger partial charge in [0.15, 0.2) is 0 Å². The van der Waals surface area contributed by atoms with Crippen molar-refractivity contribution in [3.05, 3.63) is 53.6 Å². The molecule has 0 aliphatic carbocycles. The maximum absolute atomic E-state index is 12.9. The van der Waals surface area contributed by atoms with Gasteiger partial charge in [-0.05, 0) is 80.7 Å². The van der Waals surface area contributed by atoms with Crippen LogP contribution in [0.4, 0.5) is 5.69 Å². The Balaban J connectivity index is 1.52. The summed E-state index contributed by atoms with van der Waals surface area (Å²) in [6.45, 7) is 5.88. The van der Waals surface area contributed by atoms with Crippen LogP contribution in [0.15, 0.2) is 47.4 Å². The van der Waals surface area contributed by atoms with Crippen LogP contribution in [0.25, 0.3) is 0 Å². The summed E-state index contributed by atoms with van der Waals surface area (Å²) in [5, 5.41) is 0. The van der Waals surface area contributed by atoms with E-state index in [9.17, 15) is 8.42 Å². The second kappa shape index (κ2) is 8.96. The number of anilines is 1. The van der Waals surface area contributed by atoms with Crippen molar-refractivity contribution in [2.24, 2.45) is 0 Å². The lowest BCUT2D eigenvalue weighted by Gasteiger charge is -2.29. The van der Waals surface area contributed by atoms with Crippen molar-refractivity contribution < 1.29 is 13.2 Å². The molecule has 2 aromatic rings. The van der Waals surface area contributed by atoms with E-state index in [4.69, 9.17) is 4.74 Å². The maximum Gasteiger partial charge on any atom is 0.240 e. The van der Waals surface area contributed by atoms with E-state index in [0.29, 0.717) is 18.9 Å². The topological polar surface area (TPSA) is 61.9 Å². The number of nitrogens with one attached hydrogen (secondary N) is 1. The zero-order valence-corrected chi connectivity index (χ0v) is 18.6. The van der Waals surface area contributed by atoms with Crippen LogP contribution < -0.4 is 14.4 Å². The Morgan fingerprint density at radius 2 is 1.80 bits per heavy atom. The van der Waals surface area contributed by atoms with Crippen molar-refractivity contribution in [3.8, 4) is 5.75 Å². The predicted octanol–water partition coefficient (Wildman–Crippen LogP) is 3.19. The molecule has 2 aliphatic heterocycles. The van der Waals surface area contributed by atoms with Crippen LogP contribution in [0.5, 0.6) is 5.75 Å². The van der Waals surface area contributed by atoms with E-state index in [1.807, 2.05) is 6.92 Å². The SMILES string of the molecule is CCOc1ccc(S(=O)(=O)NCC(c2ccc3c(c2)CCN3C)N2CCCC2)cc1. The number of likely N-dealkylation sites (N-methyl/N-ethyl adjacent to an activating group) is 1. The zero-order chi connectivity index (χ0) is 21.1. The first-order valence-corrected chi connectivity index (χ1v) is 12.3. The molecule has 2 heterocycles. The number of benzene rings is 2. The molecule has 1 N–H and O–H groups in total. The van der Waals surface area contributed by atoms with Crippen LogP contribution in [0.3, 0.4) is 0 Å². The molecule has 0 amide bonds. The average Bonchev–Trinajstić information content (AvgIpc) is 3.39. The number of likely N-dealkylation sites (tertiary alicyclic amines) is 1. The smallest absolute Gasteiger partial charge is 0.240 e. The number of hydrogen-bond acceptors (Lipinski definition) is 5. The molecule has 1 unspecified atom stereocenters. The summed E-state index contributed by atoms with van der Waals surface area (Å²) >= 11 is 0. The van der Waals surface area contributed by atoms with Crippen molar-refractivity contribution in [2.45, 2.75) is 37.1 Å². The van der Waals surface area contributed by atoms with Gasteiger partial charge in [-0.2, -0.15) is 0 Å². The first kappa shape index (κ1) is 21.2. The minimum Gasteiger partial charge on any atom is -0.494 e. The van der Waals surface area contributed by atoms with Gasteiger partial charge in [-0.25, -0.2) is 13.1 Å². The fourth-order valence-corrected chi connectivity index (χ4v) is 5.50. The van der Waals surface area contributed by atoms with Crippen LogP contribution in [-0.2, 0) is 16.4 Å². The lowest BCUT2D eigenvalue weighted by molar-refractivity contribution is 0.246. The molecule has 162 valence electrons. The molecule has 0 spiro atoms. The minimum absolute atomic E-state index is 0.0428. The molecule has 0 bridgehead atoms. The number of hydrogen-bond donors (Lipinski definition) is 1. The van der Waals surface area contributed by atoms with E-state index >= 15 is 0 Å². The molecule has 30 heavy (non-hydrogen) atoms. The fourth-order valence-electron chi connectivity index (χ4n) is 4.46. The molecule has 1 atom stereocenters. The highest BCUT2D eigenvalue weighted by atomic mass is 32.2. The van der Waals surface area contributed by atoms with Gasteiger partial charge in [0, 0.05) is 31.9 Å². The standard InChI is InChI=1S/C23H31N3O3S/c1-3-29-20-7-9-21(10-8-20)30(27,28)24-17-23(26-13-4-5-14-26)18-6-11-22-19(16-18)12-15-25(22)2/h6-11,16,23-24H,3-5,12-15,17H2,1-2H3. The molecule has 1 fully saturated rings. The lowest BCUT2D eigenvalue weighted by atomic mass is 10.0. The summed E-state index contributed by atoms with van der Waals surface area (Å²) in [4.78, 5) is 4.95. The van der Waals surface area contributed by atoms with Crippen molar-refractivity contribution >= 4 is 15.7 Å². The van der Waals surface area contributed by atoms with Crippen LogP contribution in [-0.4, -0.2) is 53.2 Å². The molecular formula is C23H31N3O3S. The second-order valence-corrected chi connectivity index (χ2v) is 9.84.